The van der Waals surface area contributed by atoms with E-state index >= 15 is 0 Å². The number of nitrogens with zero attached hydrogens (tertiary/aromatic N) is 2. The summed E-state index contributed by atoms with van der Waals surface area (Å²) in [6.45, 7) is 0. The van der Waals surface area contributed by atoms with Gasteiger partial charge in [-0.2, -0.15) is 11.5 Å². The molecule has 0 aliphatic rings. The molecular formula is C3H3N2OS2-. The van der Waals surface area contributed by atoms with Crippen LogP contribution in [0.1, 0.15) is 0 Å². The molecule has 0 spiro atoms. The molecule has 5 heteroatoms. The molecule has 1 heterocycles. The molecule has 8 heavy (non-hydrogen) atoms. The molecular weight excluding hydrogens is 144 g/mol. The molecule has 44 valence electrons. The van der Waals surface area contributed by atoms with E-state index in [4.69, 9.17) is 0 Å². The lowest BCUT2D eigenvalue weighted by atomic mass is 11.0. The Kier molecular flexibility index (Phi) is 1.99. The number of thiol groups is 1. The second kappa shape index (κ2) is 2.78. The topological polar surface area (TPSA) is 42.3 Å². The van der Waals surface area contributed by atoms with E-state index in [1.807, 2.05) is 0 Å². The fourth-order valence-electron chi connectivity index (χ4n) is 0.300. The predicted molar refractivity (Wildman–Crippen MR) is 33.6 cm³/mol. The van der Waals surface area contributed by atoms with Crippen LogP contribution in [0.15, 0.2) is 15.9 Å². The highest BCUT2D eigenvalue weighted by molar-refractivity contribution is 7.54. The third-order valence-electron chi connectivity index (χ3n) is 0.546. The van der Waals surface area contributed by atoms with E-state index in [9.17, 15) is 4.21 Å². The molecule has 0 fully saturated rings. The monoisotopic (exact) mass is 147 g/mol. The van der Waals surface area contributed by atoms with Gasteiger partial charge in [-0.15, -0.1) is 11.3 Å². The van der Waals surface area contributed by atoms with Crippen LogP contribution in [0.4, 0.5) is 5.13 Å². The van der Waals surface area contributed by atoms with Gasteiger partial charge in [0.25, 0.3) is 0 Å². The zero-order chi connectivity index (χ0) is 5.82. The van der Waals surface area contributed by atoms with Crippen LogP contribution in [0.3, 0.4) is 0 Å². The van der Waals surface area contributed by atoms with Gasteiger partial charge < -0.3 is 8.57 Å². The van der Waals surface area contributed by atoms with E-state index in [-0.39, 0.29) is 11.5 Å². The number of thiazole rings is 1. The Bertz CT molecular complexity index is 201. The third-order valence-corrected chi connectivity index (χ3v) is 1.62. The second-order valence-corrected chi connectivity index (χ2v) is 2.23. The van der Waals surface area contributed by atoms with E-state index in [1.54, 1.807) is 11.6 Å². The van der Waals surface area contributed by atoms with Crippen molar-refractivity contribution in [2.75, 3.05) is 0 Å². The average molecular weight is 147 g/mol. The smallest absolute Gasteiger partial charge is 0.185 e. The molecule has 0 aromatic carbocycles. The molecule has 1 rings (SSSR count). The lowest BCUT2D eigenvalue weighted by Crippen LogP contribution is -1.51. The Labute approximate surface area is 53.6 Å². The summed E-state index contributed by atoms with van der Waals surface area (Å²) in [5.74, 6) is 0. The number of hydrogen-bond acceptors (Lipinski definition) is 5. The first kappa shape index (κ1) is 5.71. The summed E-state index contributed by atoms with van der Waals surface area (Å²) in [5.41, 5.74) is 0. The zero-order valence-corrected chi connectivity index (χ0v) is 5.52. The zero-order valence-electron chi connectivity index (χ0n) is 3.81. The van der Waals surface area contributed by atoms with Crippen molar-refractivity contribution in [3.63, 3.8) is 0 Å². The van der Waals surface area contributed by atoms with Crippen molar-refractivity contribution < 1.29 is 4.21 Å². The van der Waals surface area contributed by atoms with Crippen LogP contribution in [0.5, 0.6) is 0 Å². The summed E-state index contributed by atoms with van der Waals surface area (Å²) >= 11 is 1.14. The van der Waals surface area contributed by atoms with Crippen LogP contribution >= 0.6 is 11.3 Å². The van der Waals surface area contributed by atoms with Gasteiger partial charge in [0.15, 0.2) is 5.13 Å². The highest BCUT2D eigenvalue weighted by Crippen LogP contribution is 2.12. The number of aromatic nitrogens is 1. The molecule has 1 aromatic rings. The van der Waals surface area contributed by atoms with Crippen LogP contribution in [-0.4, -0.2) is 4.98 Å². The summed E-state index contributed by atoms with van der Waals surface area (Å²) in [4.78, 5) is 3.75. The number of rotatable bonds is 1. The first-order valence-electron chi connectivity index (χ1n) is 1.86. The van der Waals surface area contributed by atoms with E-state index in [1.165, 1.54) is 11.3 Å². The van der Waals surface area contributed by atoms with Crippen LogP contribution < -0.4 is 0 Å². The average Bonchev–Trinajstić information content (AvgIpc) is 2.19. The Morgan fingerprint density at radius 3 is 3.25 bits per heavy atom. The molecule has 0 aliphatic carbocycles. The number of hydrogen-bond donors (Lipinski definition) is 0. The van der Waals surface area contributed by atoms with Crippen molar-refractivity contribution >= 4 is 27.9 Å². The molecule has 0 bridgehead atoms. The highest BCUT2D eigenvalue weighted by atomic mass is 32.1. The van der Waals surface area contributed by atoms with Crippen LogP contribution in [0, 0.1) is 0 Å². The van der Waals surface area contributed by atoms with Crippen molar-refractivity contribution in [3.05, 3.63) is 11.6 Å². The molecule has 0 amide bonds. The standard InChI is InChI=1S/C3H3N2OS2/c6-8-5-3-4-1-2-7-3/h1-2,8H/q-1. The summed E-state index contributed by atoms with van der Waals surface area (Å²) in [5, 5.41) is 2.34. The lowest BCUT2D eigenvalue weighted by molar-refractivity contribution is 0.609. The van der Waals surface area contributed by atoms with E-state index in [0.717, 1.165) is 0 Å². The third kappa shape index (κ3) is 1.28. The second-order valence-electron chi connectivity index (χ2n) is 0.996. The van der Waals surface area contributed by atoms with Crippen molar-refractivity contribution in [2.24, 2.45) is 4.36 Å². The fourth-order valence-corrected chi connectivity index (χ4v) is 1.08. The van der Waals surface area contributed by atoms with Crippen molar-refractivity contribution in [1.29, 1.82) is 0 Å². The Morgan fingerprint density at radius 1 is 1.88 bits per heavy atom. The molecule has 0 unspecified atom stereocenters. The maximum Gasteiger partial charge on any atom is 0.185 e. The van der Waals surface area contributed by atoms with Gasteiger partial charge >= 0.3 is 0 Å². The minimum absolute atomic E-state index is 0.221. The van der Waals surface area contributed by atoms with Gasteiger partial charge in [0.2, 0.25) is 0 Å². The SMILES string of the molecule is O=[SH-]=Nc1nccs1. The molecule has 0 saturated heterocycles. The van der Waals surface area contributed by atoms with E-state index < -0.39 is 0 Å². The van der Waals surface area contributed by atoms with E-state index in [0.29, 0.717) is 5.13 Å². The van der Waals surface area contributed by atoms with Crippen LogP contribution in [-0.2, 0) is 15.7 Å². The lowest BCUT2D eigenvalue weighted by Gasteiger charge is -1.78. The quantitative estimate of drug-likeness (QED) is 0.441. The summed E-state index contributed by atoms with van der Waals surface area (Å²) in [6, 6.07) is 0. The molecule has 3 nitrogen and oxygen atoms in total. The summed E-state index contributed by atoms with van der Waals surface area (Å²) < 4.78 is 13.3. The Balaban J connectivity index is 2.93. The van der Waals surface area contributed by atoms with Crippen LogP contribution in [0.2, 0.25) is 0 Å². The molecule has 0 aliphatic heterocycles. The minimum atomic E-state index is -0.221. The maximum absolute atomic E-state index is 9.77. The van der Waals surface area contributed by atoms with Gasteiger partial charge in [0.05, 0.1) is 0 Å². The van der Waals surface area contributed by atoms with Crippen molar-refractivity contribution in [2.45, 2.75) is 0 Å². The molecule has 0 N–H and O–H groups in total. The molecule has 1 aromatic heterocycles. The summed E-state index contributed by atoms with van der Waals surface area (Å²) in [6.07, 6.45) is 1.62. The van der Waals surface area contributed by atoms with Crippen molar-refractivity contribution in [3.8, 4) is 0 Å². The normalized spacial score (nSPS) is 9.00. The fraction of sp³-hybridized carbons (Fsp3) is 0. The molecule has 0 atom stereocenters. The van der Waals surface area contributed by atoms with Gasteiger partial charge in [-0.05, 0) is 0 Å². The Hall–Kier alpha value is -0.420. The first-order chi connectivity index (χ1) is 3.93. The maximum atomic E-state index is 9.77. The predicted octanol–water partition coefficient (Wildman–Crippen LogP) is 1.12. The van der Waals surface area contributed by atoms with Gasteiger partial charge in [-0.3, -0.25) is 0 Å². The van der Waals surface area contributed by atoms with E-state index in [2.05, 4.69) is 9.35 Å². The Morgan fingerprint density at radius 2 is 2.75 bits per heavy atom. The van der Waals surface area contributed by atoms with Crippen LogP contribution in [0.25, 0.3) is 0 Å². The highest BCUT2D eigenvalue weighted by Gasteiger charge is 1.79. The van der Waals surface area contributed by atoms with Gasteiger partial charge in [-0.25, -0.2) is 4.98 Å². The largest absolute Gasteiger partial charge is 0.447 e. The molecule has 0 radical (unpaired) electrons. The molecule has 0 saturated carbocycles. The summed E-state index contributed by atoms with van der Waals surface area (Å²) in [7, 11) is 0. The van der Waals surface area contributed by atoms with Gasteiger partial charge in [0, 0.05) is 11.6 Å². The minimum Gasteiger partial charge on any atom is -0.447 e. The van der Waals surface area contributed by atoms with Gasteiger partial charge in [-0.1, -0.05) is 0 Å². The van der Waals surface area contributed by atoms with Gasteiger partial charge in [0.1, 0.15) is 0 Å². The first-order valence-corrected chi connectivity index (χ1v) is 3.51. The van der Waals surface area contributed by atoms with Crippen molar-refractivity contribution in [1.82, 2.24) is 4.98 Å².